The monoisotopic (exact) mass is 402 g/mol. The second-order valence-corrected chi connectivity index (χ2v) is 7.92. The second-order valence-electron chi connectivity index (χ2n) is 7.07. The molecule has 0 amide bonds. The number of aryl methyl sites for hydroxylation is 2. The van der Waals surface area contributed by atoms with Crippen LogP contribution < -0.4 is 10.6 Å². The third-order valence-corrected chi connectivity index (χ3v) is 5.79. The van der Waals surface area contributed by atoms with Gasteiger partial charge in [0.05, 0.1) is 19.2 Å². The van der Waals surface area contributed by atoms with E-state index in [2.05, 4.69) is 52.2 Å². The number of guanidine groups is 1. The van der Waals surface area contributed by atoms with Gasteiger partial charge in [-0.2, -0.15) is 0 Å². The van der Waals surface area contributed by atoms with E-state index in [4.69, 9.17) is 9.73 Å². The van der Waals surface area contributed by atoms with Gasteiger partial charge in [0.1, 0.15) is 5.82 Å². The first-order valence-electron chi connectivity index (χ1n) is 9.69. The fourth-order valence-corrected chi connectivity index (χ4v) is 3.80. The fourth-order valence-electron chi connectivity index (χ4n) is 3.10. The van der Waals surface area contributed by atoms with Crippen LogP contribution in [0.3, 0.4) is 0 Å². The molecule has 1 atom stereocenters. The SMILES string of the molecule is CSc1cc(C)ccc1CN=C(NCc1nnc(C)n1C)NCC1CCCO1. The average Bonchev–Trinajstić information content (AvgIpc) is 3.33. The third-order valence-electron chi connectivity index (χ3n) is 4.97. The lowest BCUT2D eigenvalue weighted by Gasteiger charge is -2.16. The number of aromatic nitrogens is 3. The minimum absolute atomic E-state index is 0.255. The van der Waals surface area contributed by atoms with Crippen molar-refractivity contribution in [1.82, 2.24) is 25.4 Å². The summed E-state index contributed by atoms with van der Waals surface area (Å²) < 4.78 is 7.71. The van der Waals surface area contributed by atoms with Gasteiger partial charge in [-0.25, -0.2) is 4.99 Å². The molecule has 2 N–H and O–H groups in total. The van der Waals surface area contributed by atoms with Crippen molar-refractivity contribution < 1.29 is 4.74 Å². The minimum atomic E-state index is 0.255. The number of benzene rings is 1. The first kappa shape index (κ1) is 20.7. The smallest absolute Gasteiger partial charge is 0.192 e. The first-order valence-corrected chi connectivity index (χ1v) is 10.9. The molecule has 3 rings (SSSR count). The molecule has 2 heterocycles. The van der Waals surface area contributed by atoms with Gasteiger partial charge >= 0.3 is 0 Å². The van der Waals surface area contributed by atoms with Crippen LogP contribution >= 0.6 is 11.8 Å². The van der Waals surface area contributed by atoms with Gasteiger partial charge in [-0.15, -0.1) is 22.0 Å². The molecular weight excluding hydrogens is 372 g/mol. The largest absolute Gasteiger partial charge is 0.376 e. The highest BCUT2D eigenvalue weighted by Gasteiger charge is 2.16. The standard InChI is InChI=1S/C20H30N6OS/c1-14-7-8-16(18(10-14)28-4)11-21-20(22-12-17-6-5-9-27-17)23-13-19-25-24-15(2)26(19)3/h7-8,10,17H,5-6,9,11-13H2,1-4H3,(H2,21,22,23). The van der Waals surface area contributed by atoms with Crippen LogP contribution in [0.2, 0.25) is 0 Å². The van der Waals surface area contributed by atoms with Crippen LogP contribution in [0.15, 0.2) is 28.1 Å². The number of rotatable bonds is 7. The predicted octanol–water partition coefficient (Wildman–Crippen LogP) is 2.57. The molecule has 0 saturated carbocycles. The van der Waals surface area contributed by atoms with E-state index in [9.17, 15) is 0 Å². The molecule has 1 aliphatic rings. The maximum atomic E-state index is 5.73. The molecule has 8 heteroatoms. The molecule has 0 aliphatic carbocycles. The van der Waals surface area contributed by atoms with E-state index < -0.39 is 0 Å². The zero-order chi connectivity index (χ0) is 19.9. The van der Waals surface area contributed by atoms with Gasteiger partial charge in [-0.3, -0.25) is 0 Å². The van der Waals surface area contributed by atoms with E-state index in [0.29, 0.717) is 13.1 Å². The minimum Gasteiger partial charge on any atom is -0.376 e. The normalized spacial score (nSPS) is 17.1. The number of hydrogen-bond donors (Lipinski definition) is 2. The topological polar surface area (TPSA) is 76.4 Å². The summed E-state index contributed by atoms with van der Waals surface area (Å²) in [6.07, 6.45) is 4.58. The van der Waals surface area contributed by atoms with Crippen molar-refractivity contribution in [2.24, 2.45) is 12.0 Å². The Hall–Kier alpha value is -2.06. The predicted molar refractivity (Wildman–Crippen MR) is 114 cm³/mol. The van der Waals surface area contributed by atoms with Gasteiger partial charge in [-0.05, 0) is 50.1 Å². The van der Waals surface area contributed by atoms with Gasteiger partial charge < -0.3 is 19.9 Å². The Bertz CT molecular complexity index is 813. The van der Waals surface area contributed by atoms with Crippen LogP contribution in [0.5, 0.6) is 0 Å². The molecule has 1 unspecified atom stereocenters. The summed E-state index contributed by atoms with van der Waals surface area (Å²) in [5, 5.41) is 15.2. The molecule has 1 aromatic heterocycles. The molecular formula is C20H30N6OS. The molecule has 1 fully saturated rings. The summed E-state index contributed by atoms with van der Waals surface area (Å²) in [4.78, 5) is 6.08. The molecule has 1 aliphatic heterocycles. The zero-order valence-electron chi connectivity index (χ0n) is 17.2. The van der Waals surface area contributed by atoms with Gasteiger partial charge in [0.25, 0.3) is 0 Å². The van der Waals surface area contributed by atoms with Crippen LogP contribution in [-0.4, -0.2) is 46.2 Å². The lowest BCUT2D eigenvalue weighted by Crippen LogP contribution is -2.41. The molecule has 0 radical (unpaired) electrons. The number of nitrogens with zero attached hydrogens (tertiary/aromatic N) is 4. The number of hydrogen-bond acceptors (Lipinski definition) is 5. The van der Waals surface area contributed by atoms with Crippen LogP contribution in [0.4, 0.5) is 0 Å². The molecule has 7 nitrogen and oxygen atoms in total. The van der Waals surface area contributed by atoms with Crippen molar-refractivity contribution in [1.29, 1.82) is 0 Å². The molecule has 2 aromatic rings. The van der Waals surface area contributed by atoms with Gasteiger partial charge in [0.2, 0.25) is 0 Å². The Balaban J connectivity index is 1.68. The Morgan fingerprint density at radius 3 is 2.86 bits per heavy atom. The Morgan fingerprint density at radius 1 is 1.32 bits per heavy atom. The number of thioether (sulfide) groups is 1. The summed E-state index contributed by atoms with van der Waals surface area (Å²) in [5.41, 5.74) is 2.50. The maximum Gasteiger partial charge on any atom is 0.192 e. The quantitative estimate of drug-likeness (QED) is 0.421. The Labute approximate surface area is 171 Å². The first-order chi connectivity index (χ1) is 13.6. The summed E-state index contributed by atoms with van der Waals surface area (Å²) in [6.45, 7) is 6.86. The summed E-state index contributed by atoms with van der Waals surface area (Å²) in [6, 6.07) is 6.51. The molecule has 28 heavy (non-hydrogen) atoms. The van der Waals surface area contributed by atoms with Crippen molar-refractivity contribution in [3.05, 3.63) is 41.0 Å². The van der Waals surface area contributed by atoms with Crippen molar-refractivity contribution in [2.45, 2.75) is 50.8 Å². The summed E-state index contributed by atoms with van der Waals surface area (Å²) >= 11 is 1.76. The van der Waals surface area contributed by atoms with Gasteiger partial charge in [0, 0.05) is 25.1 Å². The molecule has 0 bridgehead atoms. The van der Waals surface area contributed by atoms with Crippen molar-refractivity contribution in [3.8, 4) is 0 Å². The number of aliphatic imine (C=N–C) groups is 1. The van der Waals surface area contributed by atoms with Crippen LogP contribution in [0.1, 0.15) is 35.6 Å². The highest BCUT2D eigenvalue weighted by Crippen LogP contribution is 2.22. The Kier molecular flexibility index (Phi) is 7.33. The molecule has 0 spiro atoms. The van der Waals surface area contributed by atoms with E-state index in [-0.39, 0.29) is 6.10 Å². The van der Waals surface area contributed by atoms with Gasteiger partial charge in [0.15, 0.2) is 11.8 Å². The van der Waals surface area contributed by atoms with Crippen molar-refractivity contribution in [3.63, 3.8) is 0 Å². The molecule has 152 valence electrons. The van der Waals surface area contributed by atoms with E-state index in [1.54, 1.807) is 11.8 Å². The average molecular weight is 403 g/mol. The van der Waals surface area contributed by atoms with E-state index in [1.165, 1.54) is 16.0 Å². The number of nitrogens with one attached hydrogen (secondary N) is 2. The van der Waals surface area contributed by atoms with Crippen LogP contribution in [0, 0.1) is 13.8 Å². The van der Waals surface area contributed by atoms with Gasteiger partial charge in [-0.1, -0.05) is 12.1 Å². The van der Waals surface area contributed by atoms with Crippen LogP contribution in [0.25, 0.3) is 0 Å². The highest BCUT2D eigenvalue weighted by molar-refractivity contribution is 7.98. The third kappa shape index (κ3) is 5.48. The number of ether oxygens (including phenoxy) is 1. The molecule has 1 saturated heterocycles. The van der Waals surface area contributed by atoms with E-state index in [1.807, 2.05) is 18.5 Å². The lowest BCUT2D eigenvalue weighted by molar-refractivity contribution is 0.113. The fraction of sp³-hybridized carbons (Fsp3) is 0.550. The molecule has 1 aromatic carbocycles. The summed E-state index contributed by atoms with van der Waals surface area (Å²) in [7, 11) is 1.97. The lowest BCUT2D eigenvalue weighted by atomic mass is 10.1. The summed E-state index contributed by atoms with van der Waals surface area (Å²) in [5.74, 6) is 2.54. The van der Waals surface area contributed by atoms with E-state index >= 15 is 0 Å². The maximum absolute atomic E-state index is 5.73. The van der Waals surface area contributed by atoms with Crippen molar-refractivity contribution >= 4 is 17.7 Å². The Morgan fingerprint density at radius 2 is 2.18 bits per heavy atom. The van der Waals surface area contributed by atoms with Crippen molar-refractivity contribution in [2.75, 3.05) is 19.4 Å². The van der Waals surface area contributed by atoms with Crippen LogP contribution in [-0.2, 0) is 24.9 Å². The second kappa shape index (κ2) is 9.93. The van der Waals surface area contributed by atoms with E-state index in [0.717, 1.165) is 43.6 Å². The highest BCUT2D eigenvalue weighted by atomic mass is 32.2. The zero-order valence-corrected chi connectivity index (χ0v) is 18.0.